The molecule has 0 aromatic heterocycles. The van der Waals surface area contributed by atoms with Gasteiger partial charge in [0, 0.05) is 12.6 Å². The van der Waals surface area contributed by atoms with Gasteiger partial charge in [-0.1, -0.05) is 12.8 Å². The monoisotopic (exact) mass is 214 g/mol. The Hall–Kier alpha value is -1.26. The van der Waals surface area contributed by atoms with Crippen molar-refractivity contribution in [2.75, 3.05) is 13.1 Å². The average molecular weight is 214 g/mol. The van der Waals surface area contributed by atoms with E-state index in [1.807, 2.05) is 0 Å². The summed E-state index contributed by atoms with van der Waals surface area (Å²) < 4.78 is 0. The number of nitrogens with zero attached hydrogens (tertiary/aromatic N) is 1. The molecule has 5 heteroatoms. The molecule has 2 amide bonds. The lowest BCUT2D eigenvalue weighted by Crippen LogP contribution is -2.45. The Labute approximate surface area is 89.4 Å². The molecule has 0 aromatic carbocycles. The molecular formula is C10H18N2O3. The van der Waals surface area contributed by atoms with Crippen molar-refractivity contribution < 1.29 is 14.7 Å². The standard InChI is InChI=1S/C10H18N2O3/c1-2-12(7-9(13)14)10(15)11-8-5-3-4-6-8/h8H,2-7H2,1H3,(H,11,15)(H,13,14). The number of urea groups is 1. The van der Waals surface area contributed by atoms with Crippen LogP contribution in [0.1, 0.15) is 32.6 Å². The Morgan fingerprint density at radius 2 is 2.00 bits per heavy atom. The van der Waals surface area contributed by atoms with Gasteiger partial charge in [-0.25, -0.2) is 4.79 Å². The minimum atomic E-state index is -0.974. The molecule has 1 rings (SSSR count). The van der Waals surface area contributed by atoms with Crippen LogP contribution in [0.4, 0.5) is 4.79 Å². The van der Waals surface area contributed by atoms with Crippen LogP contribution < -0.4 is 5.32 Å². The SMILES string of the molecule is CCN(CC(=O)O)C(=O)NC1CCCC1. The van der Waals surface area contributed by atoms with Crippen LogP contribution in [0, 0.1) is 0 Å². The van der Waals surface area contributed by atoms with Gasteiger partial charge in [0.2, 0.25) is 0 Å². The summed E-state index contributed by atoms with van der Waals surface area (Å²) in [5.41, 5.74) is 0. The summed E-state index contributed by atoms with van der Waals surface area (Å²) in [5.74, 6) is -0.974. The molecule has 1 saturated carbocycles. The molecule has 1 aliphatic rings. The first-order valence-electron chi connectivity index (χ1n) is 5.40. The predicted molar refractivity (Wildman–Crippen MR) is 55.7 cm³/mol. The number of carboxylic acid groups (broad SMARTS) is 1. The molecule has 0 aromatic rings. The summed E-state index contributed by atoms with van der Waals surface area (Å²) in [6, 6.07) is -0.0212. The molecular weight excluding hydrogens is 196 g/mol. The number of carboxylic acids is 1. The van der Waals surface area contributed by atoms with Crippen molar-refractivity contribution >= 4 is 12.0 Å². The van der Waals surface area contributed by atoms with E-state index >= 15 is 0 Å². The van der Waals surface area contributed by atoms with Crippen LogP contribution in [0.15, 0.2) is 0 Å². The second kappa shape index (κ2) is 5.58. The normalized spacial score (nSPS) is 16.3. The average Bonchev–Trinajstić information content (AvgIpc) is 2.66. The van der Waals surface area contributed by atoms with Gasteiger partial charge < -0.3 is 15.3 Å². The number of amides is 2. The number of hydrogen-bond acceptors (Lipinski definition) is 2. The first-order valence-corrected chi connectivity index (χ1v) is 5.40. The summed E-state index contributed by atoms with van der Waals surface area (Å²) in [6.45, 7) is 1.97. The van der Waals surface area contributed by atoms with Crippen molar-refractivity contribution in [1.82, 2.24) is 10.2 Å². The second-order valence-corrected chi connectivity index (χ2v) is 3.84. The molecule has 0 saturated heterocycles. The molecule has 1 fully saturated rings. The maximum absolute atomic E-state index is 11.6. The highest BCUT2D eigenvalue weighted by molar-refractivity contribution is 5.80. The Morgan fingerprint density at radius 3 is 2.47 bits per heavy atom. The van der Waals surface area contributed by atoms with Crippen LogP contribution in [0.5, 0.6) is 0 Å². The summed E-state index contributed by atoms with van der Waals surface area (Å²) >= 11 is 0. The quantitative estimate of drug-likeness (QED) is 0.734. The maximum atomic E-state index is 11.6. The highest BCUT2D eigenvalue weighted by Gasteiger charge is 2.21. The van der Waals surface area contributed by atoms with E-state index in [-0.39, 0.29) is 18.6 Å². The highest BCUT2D eigenvalue weighted by Crippen LogP contribution is 2.17. The zero-order valence-corrected chi connectivity index (χ0v) is 9.03. The molecule has 0 bridgehead atoms. The van der Waals surface area contributed by atoms with Gasteiger partial charge in [-0.2, -0.15) is 0 Å². The fraction of sp³-hybridized carbons (Fsp3) is 0.800. The third kappa shape index (κ3) is 3.77. The lowest BCUT2D eigenvalue weighted by molar-refractivity contribution is -0.137. The first kappa shape index (κ1) is 11.8. The van der Waals surface area contributed by atoms with Crippen molar-refractivity contribution in [2.45, 2.75) is 38.6 Å². The van der Waals surface area contributed by atoms with E-state index < -0.39 is 5.97 Å². The third-order valence-electron chi connectivity index (χ3n) is 2.68. The number of carbonyl (C=O) groups excluding carboxylic acids is 1. The molecule has 5 nitrogen and oxygen atoms in total. The summed E-state index contributed by atoms with van der Waals surface area (Å²) in [7, 11) is 0. The topological polar surface area (TPSA) is 69.6 Å². The summed E-state index contributed by atoms with van der Waals surface area (Å²) in [4.78, 5) is 23.4. The number of nitrogens with one attached hydrogen (secondary N) is 1. The largest absolute Gasteiger partial charge is 0.480 e. The van der Waals surface area contributed by atoms with Gasteiger partial charge >= 0.3 is 12.0 Å². The molecule has 0 spiro atoms. The minimum Gasteiger partial charge on any atom is -0.480 e. The van der Waals surface area contributed by atoms with E-state index in [0.717, 1.165) is 25.7 Å². The van der Waals surface area contributed by atoms with Gasteiger partial charge in [-0.05, 0) is 19.8 Å². The number of likely N-dealkylation sites (N-methyl/N-ethyl adjacent to an activating group) is 1. The fourth-order valence-electron chi connectivity index (χ4n) is 1.83. The molecule has 0 aliphatic heterocycles. The van der Waals surface area contributed by atoms with Crippen molar-refractivity contribution in [3.05, 3.63) is 0 Å². The summed E-state index contributed by atoms with van der Waals surface area (Å²) in [6.07, 6.45) is 4.32. The van der Waals surface area contributed by atoms with E-state index in [1.54, 1.807) is 6.92 Å². The Bertz CT molecular complexity index is 237. The van der Waals surface area contributed by atoms with Crippen molar-refractivity contribution in [2.24, 2.45) is 0 Å². The minimum absolute atomic E-state index is 0.227. The second-order valence-electron chi connectivity index (χ2n) is 3.84. The zero-order chi connectivity index (χ0) is 11.3. The van der Waals surface area contributed by atoms with Crippen LogP contribution in [0.25, 0.3) is 0 Å². The van der Waals surface area contributed by atoms with Crippen molar-refractivity contribution in [3.63, 3.8) is 0 Å². The molecule has 2 N–H and O–H groups in total. The smallest absolute Gasteiger partial charge is 0.323 e. The van der Waals surface area contributed by atoms with E-state index in [4.69, 9.17) is 5.11 Å². The number of carbonyl (C=O) groups is 2. The molecule has 0 radical (unpaired) electrons. The maximum Gasteiger partial charge on any atom is 0.323 e. The van der Waals surface area contributed by atoms with Gasteiger partial charge in [0.1, 0.15) is 6.54 Å². The van der Waals surface area contributed by atoms with Crippen molar-refractivity contribution in [1.29, 1.82) is 0 Å². The van der Waals surface area contributed by atoms with E-state index in [0.29, 0.717) is 6.54 Å². The molecule has 0 atom stereocenters. The van der Waals surface area contributed by atoms with E-state index in [9.17, 15) is 9.59 Å². The van der Waals surface area contributed by atoms with Gasteiger partial charge in [0.25, 0.3) is 0 Å². The first-order chi connectivity index (χ1) is 7.13. The zero-order valence-electron chi connectivity index (χ0n) is 9.03. The lowest BCUT2D eigenvalue weighted by Gasteiger charge is -2.21. The molecule has 0 unspecified atom stereocenters. The highest BCUT2D eigenvalue weighted by atomic mass is 16.4. The molecule has 0 heterocycles. The third-order valence-corrected chi connectivity index (χ3v) is 2.68. The molecule has 1 aliphatic carbocycles. The van der Waals surface area contributed by atoms with E-state index in [1.165, 1.54) is 4.90 Å². The van der Waals surface area contributed by atoms with E-state index in [2.05, 4.69) is 5.32 Å². The Morgan fingerprint density at radius 1 is 1.40 bits per heavy atom. The van der Waals surface area contributed by atoms with Crippen LogP contribution in [0.2, 0.25) is 0 Å². The summed E-state index contributed by atoms with van der Waals surface area (Å²) in [5, 5.41) is 11.5. The van der Waals surface area contributed by atoms with Crippen LogP contribution >= 0.6 is 0 Å². The number of hydrogen-bond donors (Lipinski definition) is 2. The van der Waals surface area contributed by atoms with Crippen LogP contribution in [-0.2, 0) is 4.79 Å². The number of rotatable bonds is 4. The molecule has 86 valence electrons. The van der Waals surface area contributed by atoms with Crippen LogP contribution in [0.3, 0.4) is 0 Å². The van der Waals surface area contributed by atoms with Gasteiger partial charge in [0.05, 0.1) is 0 Å². The van der Waals surface area contributed by atoms with Crippen LogP contribution in [-0.4, -0.2) is 41.1 Å². The van der Waals surface area contributed by atoms with Crippen molar-refractivity contribution in [3.8, 4) is 0 Å². The molecule has 15 heavy (non-hydrogen) atoms. The number of aliphatic carboxylic acids is 1. The van der Waals surface area contributed by atoms with Gasteiger partial charge in [-0.15, -0.1) is 0 Å². The lowest BCUT2D eigenvalue weighted by atomic mass is 10.2. The Kier molecular flexibility index (Phi) is 4.39. The predicted octanol–water partition coefficient (Wildman–Crippen LogP) is 1.05. The van der Waals surface area contributed by atoms with Gasteiger partial charge in [0.15, 0.2) is 0 Å². The Balaban J connectivity index is 2.38. The fourth-order valence-corrected chi connectivity index (χ4v) is 1.83. The van der Waals surface area contributed by atoms with Gasteiger partial charge in [-0.3, -0.25) is 4.79 Å².